The highest BCUT2D eigenvalue weighted by Gasteiger charge is 2.30. The average Bonchev–Trinajstić information content (AvgIpc) is 3.20. The number of halogens is 5. The maximum Gasteiger partial charge on any atom is 0.514 e. The van der Waals surface area contributed by atoms with Crippen molar-refractivity contribution < 1.29 is 32.2 Å². The normalized spacial score (nSPS) is 11.6. The summed E-state index contributed by atoms with van der Waals surface area (Å²) >= 11 is 3.93. The lowest BCUT2D eigenvalue weighted by Crippen LogP contribution is -2.22. The summed E-state index contributed by atoms with van der Waals surface area (Å²) in [6.07, 6.45) is -6.05. The Hall–Kier alpha value is -2.58. The number of hydrogen-bond donors (Lipinski definition) is 0. The van der Waals surface area contributed by atoms with Crippen molar-refractivity contribution in [3.63, 3.8) is 0 Å². The van der Waals surface area contributed by atoms with E-state index in [1.807, 2.05) is 57.3 Å². The minimum Gasteiger partial charge on any atom is -0.456 e. The number of alkyl halides is 3. The van der Waals surface area contributed by atoms with E-state index in [9.17, 15) is 18.0 Å². The van der Waals surface area contributed by atoms with Crippen LogP contribution in [0.2, 0.25) is 0 Å². The first-order valence-corrected chi connectivity index (χ1v) is 14.2. The van der Waals surface area contributed by atoms with Gasteiger partial charge in [-0.2, -0.15) is 13.2 Å². The van der Waals surface area contributed by atoms with Gasteiger partial charge in [0.25, 0.3) is 0 Å². The summed E-state index contributed by atoms with van der Waals surface area (Å²) in [6.45, 7) is -1.71. The SMILES string of the molecule is O=C(OCC(F)(F)F)Oc1cc(I)c(Oc2ccc(-[s+]3c4ccccc4c4ccccc43)cc2)cc1I. The summed E-state index contributed by atoms with van der Waals surface area (Å²) < 4.78 is 55.5. The van der Waals surface area contributed by atoms with Gasteiger partial charge < -0.3 is 14.2 Å². The lowest BCUT2D eigenvalue weighted by Gasteiger charge is -2.12. The number of hydrogen-bond acceptors (Lipinski definition) is 4. The van der Waals surface area contributed by atoms with Crippen molar-refractivity contribution in [2.45, 2.75) is 6.18 Å². The lowest BCUT2D eigenvalue weighted by molar-refractivity contribution is -0.163. The largest absolute Gasteiger partial charge is 0.514 e. The molecular weight excluding hydrogens is 731 g/mol. The molecule has 5 aromatic rings. The van der Waals surface area contributed by atoms with Gasteiger partial charge in [0.15, 0.2) is 20.9 Å². The summed E-state index contributed by atoms with van der Waals surface area (Å²) in [7, 11) is -0.209. The van der Waals surface area contributed by atoms with E-state index in [2.05, 4.69) is 65.4 Å². The third kappa shape index (κ3) is 5.80. The Kier molecular flexibility index (Phi) is 7.50. The molecule has 4 aromatic carbocycles. The van der Waals surface area contributed by atoms with Crippen molar-refractivity contribution in [3.8, 4) is 22.1 Å². The molecule has 1 heterocycles. The number of rotatable bonds is 5. The fourth-order valence-electron chi connectivity index (χ4n) is 3.80. The fourth-order valence-corrected chi connectivity index (χ4v) is 7.28. The number of carbonyl (C=O) groups excluding carboxylic acids is 1. The Morgan fingerprint density at radius 2 is 1.32 bits per heavy atom. The number of ether oxygens (including phenoxy) is 3. The first-order valence-electron chi connectivity index (χ1n) is 10.8. The van der Waals surface area contributed by atoms with Crippen molar-refractivity contribution >= 4 is 82.0 Å². The topological polar surface area (TPSA) is 44.8 Å². The van der Waals surface area contributed by atoms with Gasteiger partial charge in [-0.3, -0.25) is 0 Å². The van der Waals surface area contributed by atoms with Gasteiger partial charge in [-0.1, -0.05) is 24.3 Å². The molecule has 188 valence electrons. The van der Waals surface area contributed by atoms with Gasteiger partial charge in [0.05, 0.1) is 7.14 Å². The van der Waals surface area contributed by atoms with Crippen LogP contribution in [0.25, 0.3) is 25.1 Å². The summed E-state index contributed by atoms with van der Waals surface area (Å²) in [4.78, 5) is 12.8. The van der Waals surface area contributed by atoms with Gasteiger partial charge in [-0.15, -0.1) is 0 Å². The first-order chi connectivity index (χ1) is 17.7. The van der Waals surface area contributed by atoms with Crippen molar-refractivity contribution in [2.75, 3.05) is 6.61 Å². The highest BCUT2D eigenvalue weighted by molar-refractivity contribution is 14.1. The molecule has 0 aliphatic carbocycles. The lowest BCUT2D eigenvalue weighted by atomic mass is 10.2. The molecule has 0 unspecified atom stereocenters. The molecule has 5 rings (SSSR count). The minimum atomic E-state index is -4.63. The van der Waals surface area contributed by atoms with Gasteiger partial charge in [0.2, 0.25) is 0 Å². The zero-order valence-corrected chi connectivity index (χ0v) is 23.9. The quantitative estimate of drug-likeness (QED) is 0.0778. The number of benzene rings is 4. The molecule has 0 saturated heterocycles. The maximum atomic E-state index is 12.3. The number of thiophene rings is 1. The molecule has 0 atom stereocenters. The highest BCUT2D eigenvalue weighted by atomic mass is 127. The molecule has 0 N–H and O–H groups in total. The molecule has 0 amide bonds. The van der Waals surface area contributed by atoms with Crippen molar-refractivity contribution in [1.29, 1.82) is 0 Å². The summed E-state index contributed by atoms with van der Waals surface area (Å²) in [6, 6.07) is 28.0. The van der Waals surface area contributed by atoms with E-state index in [0.717, 1.165) is 0 Å². The fraction of sp³-hybridized carbons (Fsp3) is 0.0741. The molecule has 0 aliphatic rings. The van der Waals surface area contributed by atoms with Crippen LogP contribution in [0.1, 0.15) is 0 Å². The standard InChI is InChI=1S/C27H16F3I2O4S/c28-27(29,30)15-34-26(33)36-23-14-20(31)22(13-21(23)32)35-16-9-11-17(12-10-16)37-24-7-3-1-5-18(24)19-6-2-4-8-25(19)37/h1-14H,15H2/q+1. The zero-order valence-electron chi connectivity index (χ0n) is 18.7. The Labute approximate surface area is 239 Å². The van der Waals surface area contributed by atoms with E-state index in [-0.39, 0.29) is 16.2 Å². The molecule has 10 heteroatoms. The summed E-state index contributed by atoms with van der Waals surface area (Å²) in [5.74, 6) is 1.23. The van der Waals surface area contributed by atoms with Crippen LogP contribution >= 0.6 is 55.7 Å². The molecule has 0 saturated carbocycles. The highest BCUT2D eigenvalue weighted by Crippen LogP contribution is 2.48. The van der Waals surface area contributed by atoms with E-state index < -0.39 is 18.9 Å². The Morgan fingerprint density at radius 3 is 1.92 bits per heavy atom. The van der Waals surface area contributed by atoms with Crippen LogP contribution in [0, 0.1) is 7.14 Å². The molecule has 37 heavy (non-hydrogen) atoms. The second-order valence-corrected chi connectivity index (χ2v) is 12.1. The van der Waals surface area contributed by atoms with E-state index in [4.69, 9.17) is 9.47 Å². The van der Waals surface area contributed by atoms with Crippen LogP contribution in [-0.2, 0) is 4.74 Å². The summed E-state index contributed by atoms with van der Waals surface area (Å²) in [5, 5.41) is 2.52. The van der Waals surface area contributed by atoms with E-state index >= 15 is 0 Å². The van der Waals surface area contributed by atoms with Gasteiger partial charge in [-0.05, 0) is 93.7 Å². The average molecular weight is 747 g/mol. The predicted octanol–water partition coefficient (Wildman–Crippen LogP) is 9.81. The molecule has 1 aromatic heterocycles. The third-order valence-electron chi connectivity index (χ3n) is 5.32. The smallest absolute Gasteiger partial charge is 0.456 e. The Morgan fingerprint density at radius 1 is 0.784 bits per heavy atom. The molecular formula is C27H16F3I2O4S+. The molecule has 0 radical (unpaired) electrons. The van der Waals surface area contributed by atoms with Crippen LogP contribution in [0.5, 0.6) is 17.2 Å². The van der Waals surface area contributed by atoms with E-state index in [1.165, 1.54) is 31.1 Å². The van der Waals surface area contributed by atoms with Crippen LogP contribution in [0.3, 0.4) is 0 Å². The van der Waals surface area contributed by atoms with Crippen LogP contribution in [-0.4, -0.2) is 18.9 Å². The van der Waals surface area contributed by atoms with Crippen LogP contribution in [0.4, 0.5) is 18.0 Å². The van der Waals surface area contributed by atoms with Crippen LogP contribution < -0.4 is 9.47 Å². The van der Waals surface area contributed by atoms with Crippen molar-refractivity contribution in [3.05, 3.63) is 92.1 Å². The third-order valence-corrected chi connectivity index (χ3v) is 9.35. The van der Waals surface area contributed by atoms with E-state index in [1.54, 1.807) is 6.07 Å². The molecule has 0 spiro atoms. The van der Waals surface area contributed by atoms with Crippen molar-refractivity contribution in [2.24, 2.45) is 0 Å². The van der Waals surface area contributed by atoms with Crippen molar-refractivity contribution in [1.82, 2.24) is 0 Å². The van der Waals surface area contributed by atoms with Gasteiger partial charge >= 0.3 is 12.3 Å². The van der Waals surface area contributed by atoms with Gasteiger partial charge in [0.1, 0.15) is 17.2 Å². The monoisotopic (exact) mass is 747 g/mol. The number of carbonyl (C=O) groups is 1. The Bertz CT molecular complexity index is 1560. The Balaban J connectivity index is 1.36. The summed E-state index contributed by atoms with van der Waals surface area (Å²) in [5.41, 5.74) is 0. The van der Waals surface area contributed by atoms with Gasteiger partial charge in [0, 0.05) is 33.4 Å². The first kappa shape index (κ1) is 26.0. The minimum absolute atomic E-state index is 0.0830. The molecule has 0 fully saturated rings. The predicted molar refractivity (Wildman–Crippen MR) is 155 cm³/mol. The molecule has 4 nitrogen and oxygen atoms in total. The zero-order chi connectivity index (χ0) is 26.2. The van der Waals surface area contributed by atoms with E-state index in [0.29, 0.717) is 18.6 Å². The van der Waals surface area contributed by atoms with Gasteiger partial charge in [-0.25, -0.2) is 4.79 Å². The van der Waals surface area contributed by atoms with Crippen LogP contribution in [0.15, 0.2) is 84.9 Å². The molecule has 0 bridgehead atoms. The molecule has 0 aliphatic heterocycles. The second kappa shape index (κ2) is 10.7. The second-order valence-electron chi connectivity index (χ2n) is 7.84. The number of fused-ring (bicyclic) bond motifs is 3. The maximum absolute atomic E-state index is 12.3.